The first-order chi connectivity index (χ1) is 9.51. The molecule has 1 heterocycles. The summed E-state index contributed by atoms with van der Waals surface area (Å²) in [4.78, 5) is 5.39. The minimum atomic E-state index is -0.0975. The smallest absolute Gasteiger partial charge is 0.203 e. The van der Waals surface area contributed by atoms with Gasteiger partial charge in [-0.2, -0.15) is 5.10 Å². The van der Waals surface area contributed by atoms with Crippen LogP contribution in [-0.2, 0) is 7.05 Å². The van der Waals surface area contributed by atoms with Crippen molar-refractivity contribution >= 4 is 22.9 Å². The average molecular weight is 312 g/mol. The summed E-state index contributed by atoms with van der Waals surface area (Å²) in [5.41, 5.74) is 1.02. The van der Waals surface area contributed by atoms with E-state index in [1.165, 1.54) is 11.3 Å². The van der Waals surface area contributed by atoms with E-state index in [0.29, 0.717) is 10.9 Å². The fraction of sp³-hybridized carbons (Fsp3) is 0.429. The molecular formula is C14H18ClN3OS. The molecule has 6 heteroatoms. The van der Waals surface area contributed by atoms with Crippen LogP contribution in [0.5, 0.6) is 0 Å². The lowest BCUT2D eigenvalue weighted by Crippen LogP contribution is -2.23. The maximum Gasteiger partial charge on any atom is 0.203 e. The van der Waals surface area contributed by atoms with Gasteiger partial charge in [-0.3, -0.25) is 4.99 Å². The Hall–Kier alpha value is -1.17. The Morgan fingerprint density at radius 2 is 2.00 bits per heavy atom. The Labute approximate surface area is 127 Å². The van der Waals surface area contributed by atoms with Gasteiger partial charge in [-0.05, 0) is 18.1 Å². The van der Waals surface area contributed by atoms with Gasteiger partial charge in [-0.1, -0.05) is 48.9 Å². The van der Waals surface area contributed by atoms with E-state index in [2.05, 4.69) is 10.1 Å². The molecule has 4 nitrogen and oxygen atoms in total. The third-order valence-corrected chi connectivity index (χ3v) is 4.34. The number of hydrogen-bond donors (Lipinski definition) is 1. The van der Waals surface area contributed by atoms with Gasteiger partial charge in [0.25, 0.3) is 0 Å². The molecule has 0 amide bonds. The van der Waals surface area contributed by atoms with Crippen molar-refractivity contribution in [2.75, 3.05) is 6.61 Å². The molecule has 0 saturated heterocycles. The zero-order valence-electron chi connectivity index (χ0n) is 11.7. The quantitative estimate of drug-likeness (QED) is 0.944. The Kier molecular flexibility index (Phi) is 4.96. The molecule has 0 bridgehead atoms. The van der Waals surface area contributed by atoms with E-state index in [0.717, 1.165) is 15.4 Å². The third kappa shape index (κ3) is 3.48. The monoisotopic (exact) mass is 311 g/mol. The number of halogens is 1. The van der Waals surface area contributed by atoms with Crippen molar-refractivity contribution in [2.45, 2.75) is 19.9 Å². The first-order valence-corrected chi connectivity index (χ1v) is 7.65. The van der Waals surface area contributed by atoms with Crippen LogP contribution in [0.25, 0.3) is 10.6 Å². The van der Waals surface area contributed by atoms with Crippen molar-refractivity contribution in [3.8, 4) is 10.6 Å². The molecule has 1 aromatic carbocycles. The van der Waals surface area contributed by atoms with E-state index in [4.69, 9.17) is 11.6 Å². The zero-order chi connectivity index (χ0) is 14.7. The third-order valence-electron chi connectivity index (χ3n) is 3.03. The molecule has 1 atom stereocenters. The van der Waals surface area contributed by atoms with Gasteiger partial charge < -0.3 is 5.11 Å². The minimum Gasteiger partial charge on any atom is -0.394 e. The summed E-state index contributed by atoms with van der Waals surface area (Å²) in [5, 5.41) is 15.4. The Morgan fingerprint density at radius 3 is 2.55 bits per heavy atom. The van der Waals surface area contributed by atoms with Crippen LogP contribution in [0.4, 0.5) is 0 Å². The number of hydrogen-bond acceptors (Lipinski definition) is 4. The first kappa shape index (κ1) is 15.2. The molecule has 2 aromatic rings. The number of aliphatic hydroxyl groups is 1. The molecule has 1 N–H and O–H groups in total. The molecule has 0 saturated carbocycles. The molecule has 0 radical (unpaired) electrons. The van der Waals surface area contributed by atoms with Gasteiger partial charge in [-0.15, -0.1) is 0 Å². The second-order valence-electron chi connectivity index (χ2n) is 4.94. The average Bonchev–Trinajstić information content (AvgIpc) is 2.77. The van der Waals surface area contributed by atoms with Crippen LogP contribution in [0, 0.1) is 5.92 Å². The Morgan fingerprint density at radius 1 is 1.35 bits per heavy atom. The topological polar surface area (TPSA) is 50.4 Å². The summed E-state index contributed by atoms with van der Waals surface area (Å²) in [5.74, 6) is 0.293. The maximum atomic E-state index is 9.37. The van der Waals surface area contributed by atoms with Gasteiger partial charge in [0, 0.05) is 17.6 Å². The highest BCUT2D eigenvalue weighted by atomic mass is 35.5. The lowest BCUT2D eigenvalue weighted by atomic mass is 10.1. The molecule has 0 aliphatic rings. The SMILES string of the molecule is CC(C)[C@@H](CO)/N=c1/sc(-c2ccc(Cl)cc2)nn1C. The van der Waals surface area contributed by atoms with Gasteiger partial charge in [0.15, 0.2) is 0 Å². The Bertz CT molecular complexity index is 631. The lowest BCUT2D eigenvalue weighted by Gasteiger charge is -2.11. The van der Waals surface area contributed by atoms with Gasteiger partial charge in [0.2, 0.25) is 4.80 Å². The number of aryl methyl sites for hydroxylation is 1. The number of nitrogens with zero attached hydrogens (tertiary/aromatic N) is 3. The number of aromatic nitrogens is 2. The summed E-state index contributed by atoms with van der Waals surface area (Å²) >= 11 is 7.40. The molecule has 0 aliphatic heterocycles. The summed E-state index contributed by atoms with van der Waals surface area (Å²) < 4.78 is 1.75. The largest absolute Gasteiger partial charge is 0.394 e. The maximum absolute atomic E-state index is 9.37. The Balaban J connectivity index is 2.39. The van der Waals surface area contributed by atoms with Gasteiger partial charge in [0.1, 0.15) is 5.01 Å². The van der Waals surface area contributed by atoms with Crippen molar-refractivity contribution in [3.63, 3.8) is 0 Å². The first-order valence-electron chi connectivity index (χ1n) is 6.46. The van der Waals surface area contributed by atoms with Crippen molar-refractivity contribution in [1.29, 1.82) is 0 Å². The van der Waals surface area contributed by atoms with Gasteiger partial charge in [-0.25, -0.2) is 4.68 Å². The minimum absolute atomic E-state index is 0.0475. The van der Waals surface area contributed by atoms with Crippen LogP contribution in [0.3, 0.4) is 0 Å². The van der Waals surface area contributed by atoms with Gasteiger partial charge >= 0.3 is 0 Å². The second-order valence-corrected chi connectivity index (χ2v) is 6.34. The highest BCUT2D eigenvalue weighted by Gasteiger charge is 2.12. The van der Waals surface area contributed by atoms with Crippen molar-refractivity contribution in [3.05, 3.63) is 34.1 Å². The van der Waals surface area contributed by atoms with E-state index in [1.807, 2.05) is 45.2 Å². The normalized spacial score (nSPS) is 14.0. The highest BCUT2D eigenvalue weighted by molar-refractivity contribution is 7.12. The van der Waals surface area contributed by atoms with Crippen LogP contribution in [0.15, 0.2) is 29.3 Å². The van der Waals surface area contributed by atoms with E-state index >= 15 is 0 Å². The number of aliphatic hydroxyl groups excluding tert-OH is 1. The molecule has 1 aromatic heterocycles. The predicted octanol–water partition coefficient (Wildman–Crippen LogP) is 2.72. The molecule has 0 unspecified atom stereocenters. The van der Waals surface area contributed by atoms with Crippen LogP contribution >= 0.6 is 22.9 Å². The van der Waals surface area contributed by atoms with E-state index in [1.54, 1.807) is 4.68 Å². The summed E-state index contributed by atoms with van der Waals surface area (Å²) in [6, 6.07) is 7.48. The number of rotatable bonds is 4. The molecule has 0 fully saturated rings. The molecule has 108 valence electrons. The van der Waals surface area contributed by atoms with Crippen LogP contribution in [0.2, 0.25) is 5.02 Å². The van der Waals surface area contributed by atoms with Crippen molar-refractivity contribution in [2.24, 2.45) is 18.0 Å². The fourth-order valence-electron chi connectivity index (χ4n) is 1.71. The van der Waals surface area contributed by atoms with E-state index in [9.17, 15) is 5.11 Å². The zero-order valence-corrected chi connectivity index (χ0v) is 13.3. The van der Waals surface area contributed by atoms with Crippen molar-refractivity contribution < 1.29 is 5.11 Å². The summed E-state index contributed by atoms with van der Waals surface area (Å²) in [6.45, 7) is 4.14. The highest BCUT2D eigenvalue weighted by Crippen LogP contribution is 2.21. The molecular weight excluding hydrogens is 294 g/mol. The standard InChI is InChI=1S/C14H18ClN3OS/c1-9(2)12(8-19)16-14-18(3)17-13(20-14)10-4-6-11(15)7-5-10/h4-7,9,12,19H,8H2,1-3H3/b16-14+/t12-/m1/s1. The van der Waals surface area contributed by atoms with Crippen LogP contribution in [-0.4, -0.2) is 27.5 Å². The molecule has 2 rings (SSSR count). The van der Waals surface area contributed by atoms with Crippen LogP contribution < -0.4 is 4.80 Å². The lowest BCUT2D eigenvalue weighted by molar-refractivity contribution is 0.237. The van der Waals surface area contributed by atoms with Crippen molar-refractivity contribution in [1.82, 2.24) is 9.78 Å². The van der Waals surface area contributed by atoms with E-state index in [-0.39, 0.29) is 12.6 Å². The molecule has 20 heavy (non-hydrogen) atoms. The summed E-state index contributed by atoms with van der Waals surface area (Å²) in [7, 11) is 1.86. The molecule has 0 spiro atoms. The van der Waals surface area contributed by atoms with Gasteiger partial charge in [0.05, 0.1) is 12.6 Å². The predicted molar refractivity (Wildman–Crippen MR) is 82.8 cm³/mol. The second kappa shape index (κ2) is 6.52. The number of benzene rings is 1. The van der Waals surface area contributed by atoms with Crippen LogP contribution in [0.1, 0.15) is 13.8 Å². The fourth-order valence-corrected chi connectivity index (χ4v) is 2.79. The van der Waals surface area contributed by atoms with E-state index < -0.39 is 0 Å². The summed E-state index contributed by atoms with van der Waals surface area (Å²) in [6.07, 6.45) is 0. The molecule has 0 aliphatic carbocycles.